The van der Waals surface area contributed by atoms with Crippen molar-refractivity contribution in [3.05, 3.63) is 11.6 Å². The summed E-state index contributed by atoms with van der Waals surface area (Å²) in [6.07, 6.45) is 40.4. The highest BCUT2D eigenvalue weighted by molar-refractivity contribution is 5.25. The summed E-state index contributed by atoms with van der Waals surface area (Å²) in [5, 5.41) is 0. The Kier molecular flexibility index (Phi) is 20.0. The molecule has 49 heavy (non-hydrogen) atoms. The van der Waals surface area contributed by atoms with Crippen LogP contribution < -0.4 is 0 Å². The maximum atomic E-state index is 6.57. The minimum Gasteiger partial charge on any atom is -0.378 e. The molecule has 0 saturated heterocycles. The monoisotopic (exact) mass is 683 g/mol. The summed E-state index contributed by atoms with van der Waals surface area (Å²) in [7, 11) is 0. The van der Waals surface area contributed by atoms with Crippen LogP contribution in [0.15, 0.2) is 11.6 Å². The fourth-order valence-electron chi connectivity index (χ4n) is 11.8. The molecule has 0 bridgehead atoms. The van der Waals surface area contributed by atoms with Gasteiger partial charge in [-0.1, -0.05) is 183 Å². The second kappa shape index (κ2) is 22.7. The van der Waals surface area contributed by atoms with E-state index in [0.29, 0.717) is 16.9 Å². The van der Waals surface area contributed by atoms with E-state index in [1.165, 1.54) is 167 Å². The molecule has 0 aromatic heterocycles. The summed E-state index contributed by atoms with van der Waals surface area (Å²) in [5.41, 5.74) is 2.86. The van der Waals surface area contributed by atoms with Gasteiger partial charge in [-0.2, -0.15) is 0 Å². The minimum atomic E-state index is 0.457. The van der Waals surface area contributed by atoms with E-state index in [2.05, 4.69) is 54.5 Å². The number of hydrogen-bond acceptors (Lipinski definition) is 1. The van der Waals surface area contributed by atoms with Crippen LogP contribution in [0.4, 0.5) is 0 Å². The van der Waals surface area contributed by atoms with E-state index in [1.807, 2.05) is 13.8 Å². The lowest BCUT2D eigenvalue weighted by molar-refractivity contribution is -0.0641. The quantitative estimate of drug-likeness (QED) is 0.0770. The van der Waals surface area contributed by atoms with E-state index in [-0.39, 0.29) is 0 Å². The van der Waals surface area contributed by atoms with Crippen LogP contribution in [-0.4, -0.2) is 12.7 Å². The number of unbranched alkanes of at least 4 members (excludes halogenated alkanes) is 13. The fraction of sp³-hybridized carbons (Fsp3) is 0.958. The SMILES string of the molecule is CC.CC(C)CCCCCCCCCCCCCCCCO[C@H]1CCC2(C)C(=CCC3C2CCC2(C)C(C(C)CCCC(C)C)CCC32)C1. The first kappa shape index (κ1) is 43.1. The molecule has 0 N–H and O–H groups in total. The Hall–Kier alpha value is -0.300. The third-order valence-corrected chi connectivity index (χ3v) is 14.8. The topological polar surface area (TPSA) is 9.23 Å². The molecule has 0 aromatic rings. The number of hydrogen-bond donors (Lipinski definition) is 0. The van der Waals surface area contributed by atoms with Crippen molar-refractivity contribution in [3.63, 3.8) is 0 Å². The van der Waals surface area contributed by atoms with Crippen molar-refractivity contribution in [1.82, 2.24) is 0 Å². The normalized spacial score (nSPS) is 31.5. The number of ether oxygens (including phenoxy) is 1. The van der Waals surface area contributed by atoms with Gasteiger partial charge in [-0.3, -0.25) is 0 Å². The highest BCUT2D eigenvalue weighted by Gasteiger charge is 2.59. The molecule has 8 atom stereocenters. The molecule has 3 saturated carbocycles. The fourth-order valence-corrected chi connectivity index (χ4v) is 11.8. The Morgan fingerprint density at radius 1 is 0.612 bits per heavy atom. The minimum absolute atomic E-state index is 0.457. The van der Waals surface area contributed by atoms with Gasteiger partial charge < -0.3 is 4.74 Å². The molecule has 1 heteroatoms. The molecule has 4 rings (SSSR count). The van der Waals surface area contributed by atoms with Gasteiger partial charge in [-0.15, -0.1) is 0 Å². The Labute approximate surface area is 309 Å². The molecule has 4 aliphatic rings. The Bertz CT molecular complexity index is 886. The summed E-state index contributed by atoms with van der Waals surface area (Å²) >= 11 is 0. The van der Waals surface area contributed by atoms with Crippen LogP contribution in [0.2, 0.25) is 0 Å². The van der Waals surface area contributed by atoms with Crippen molar-refractivity contribution in [2.45, 2.75) is 235 Å². The van der Waals surface area contributed by atoms with E-state index in [9.17, 15) is 0 Å². The largest absolute Gasteiger partial charge is 0.378 e. The zero-order valence-electron chi connectivity index (χ0n) is 35.2. The van der Waals surface area contributed by atoms with Crippen molar-refractivity contribution >= 4 is 0 Å². The maximum absolute atomic E-state index is 6.57. The second-order valence-electron chi connectivity index (χ2n) is 19.2. The molecule has 0 radical (unpaired) electrons. The average molecular weight is 683 g/mol. The van der Waals surface area contributed by atoms with E-state index < -0.39 is 0 Å². The van der Waals surface area contributed by atoms with Crippen LogP contribution in [0.25, 0.3) is 0 Å². The summed E-state index contributed by atoms with van der Waals surface area (Å²) in [6, 6.07) is 0. The Morgan fingerprint density at radius 3 is 1.76 bits per heavy atom. The lowest BCUT2D eigenvalue weighted by atomic mass is 9.47. The van der Waals surface area contributed by atoms with Gasteiger partial charge in [-0.25, -0.2) is 0 Å². The highest BCUT2D eigenvalue weighted by atomic mass is 16.5. The molecule has 0 aromatic carbocycles. The van der Waals surface area contributed by atoms with Crippen LogP contribution in [0.1, 0.15) is 229 Å². The van der Waals surface area contributed by atoms with Crippen molar-refractivity contribution in [2.24, 2.45) is 52.3 Å². The van der Waals surface area contributed by atoms with Gasteiger partial charge in [0.05, 0.1) is 6.10 Å². The van der Waals surface area contributed by atoms with Gasteiger partial charge in [0.1, 0.15) is 0 Å². The van der Waals surface area contributed by atoms with Gasteiger partial charge in [-0.05, 0) is 110 Å². The van der Waals surface area contributed by atoms with Gasteiger partial charge in [0.25, 0.3) is 0 Å². The molecule has 0 aliphatic heterocycles. The third-order valence-electron chi connectivity index (χ3n) is 14.8. The van der Waals surface area contributed by atoms with Crippen molar-refractivity contribution in [2.75, 3.05) is 6.61 Å². The summed E-state index contributed by atoms with van der Waals surface area (Å²) in [4.78, 5) is 0. The number of fused-ring (bicyclic) bond motifs is 5. The van der Waals surface area contributed by atoms with Gasteiger partial charge in [0, 0.05) is 6.61 Å². The smallest absolute Gasteiger partial charge is 0.0612 e. The second-order valence-corrected chi connectivity index (χ2v) is 19.2. The predicted octanol–water partition coefficient (Wildman–Crippen LogP) is 15.9. The molecule has 0 heterocycles. The van der Waals surface area contributed by atoms with E-state index in [0.717, 1.165) is 48.0 Å². The molecule has 0 spiro atoms. The van der Waals surface area contributed by atoms with Crippen LogP contribution >= 0.6 is 0 Å². The first-order chi connectivity index (χ1) is 23.6. The Balaban J connectivity index is 0.00000319. The molecular formula is C48H90O. The maximum Gasteiger partial charge on any atom is 0.0612 e. The van der Waals surface area contributed by atoms with Gasteiger partial charge >= 0.3 is 0 Å². The Morgan fingerprint density at radius 2 is 1.16 bits per heavy atom. The summed E-state index contributed by atoms with van der Waals surface area (Å²) in [6.45, 7) is 22.5. The van der Waals surface area contributed by atoms with Crippen molar-refractivity contribution in [1.29, 1.82) is 0 Å². The molecule has 3 fully saturated rings. The molecule has 1 nitrogen and oxygen atoms in total. The molecule has 0 amide bonds. The van der Waals surface area contributed by atoms with Crippen LogP contribution in [-0.2, 0) is 4.74 Å². The molecule has 7 unspecified atom stereocenters. The van der Waals surface area contributed by atoms with E-state index in [1.54, 1.807) is 5.57 Å². The number of rotatable bonds is 23. The lowest BCUT2D eigenvalue weighted by Gasteiger charge is -2.58. The molecule has 4 aliphatic carbocycles. The zero-order chi connectivity index (χ0) is 35.7. The van der Waals surface area contributed by atoms with E-state index in [4.69, 9.17) is 4.74 Å². The molecular weight excluding hydrogens is 593 g/mol. The molecule has 288 valence electrons. The van der Waals surface area contributed by atoms with Crippen molar-refractivity contribution in [3.8, 4) is 0 Å². The first-order valence-corrected chi connectivity index (χ1v) is 23.0. The van der Waals surface area contributed by atoms with Crippen molar-refractivity contribution < 1.29 is 4.74 Å². The number of allylic oxidation sites excluding steroid dienone is 1. The highest BCUT2D eigenvalue weighted by Crippen LogP contribution is 2.67. The van der Waals surface area contributed by atoms with Gasteiger partial charge in [0.2, 0.25) is 0 Å². The average Bonchev–Trinajstić information content (AvgIpc) is 3.44. The first-order valence-electron chi connectivity index (χ1n) is 23.0. The summed E-state index contributed by atoms with van der Waals surface area (Å²) in [5.74, 6) is 6.48. The predicted molar refractivity (Wildman–Crippen MR) is 218 cm³/mol. The zero-order valence-corrected chi connectivity index (χ0v) is 35.2. The summed E-state index contributed by atoms with van der Waals surface area (Å²) < 4.78 is 6.57. The third kappa shape index (κ3) is 13.0. The van der Waals surface area contributed by atoms with Gasteiger partial charge in [0.15, 0.2) is 0 Å². The van der Waals surface area contributed by atoms with E-state index >= 15 is 0 Å². The van der Waals surface area contributed by atoms with Crippen LogP contribution in [0.5, 0.6) is 0 Å². The standard InChI is InChI=1S/C46H84O.C2H6/c1-36(2)23-20-18-16-14-12-10-8-9-11-13-15-17-19-21-34-47-40-30-32-45(6)39(35-40)26-27-41-43-29-28-42(38(5)25-22-24-37(3)4)46(43,7)33-31-44(41)45;1-2/h26,36-38,40-44H,8-25,27-35H2,1-7H3;1-2H3/t38?,40-,41?,42?,43?,44?,45?,46?;/m0./s1. The van der Waals surface area contributed by atoms with Crippen LogP contribution in [0, 0.1) is 52.3 Å². The van der Waals surface area contributed by atoms with Crippen LogP contribution in [0.3, 0.4) is 0 Å². The lowest BCUT2D eigenvalue weighted by Crippen LogP contribution is -2.51.